The maximum Gasteiger partial charge on any atom is 0.133 e. The van der Waals surface area contributed by atoms with E-state index in [1.165, 1.54) is 0 Å². The van der Waals surface area contributed by atoms with Gasteiger partial charge in [-0.3, -0.25) is 0 Å². The van der Waals surface area contributed by atoms with Crippen LogP contribution in [-0.2, 0) is 11.3 Å². The minimum atomic E-state index is 0.454. The minimum Gasteiger partial charge on any atom is -0.375 e. The zero-order valence-electron chi connectivity index (χ0n) is 7.12. The van der Waals surface area contributed by atoms with Crippen LogP contribution in [0.25, 0.3) is 0 Å². The van der Waals surface area contributed by atoms with Crippen molar-refractivity contribution in [2.24, 2.45) is 5.73 Å². The van der Waals surface area contributed by atoms with Crippen molar-refractivity contribution in [1.82, 2.24) is 10.3 Å². The van der Waals surface area contributed by atoms with Crippen LogP contribution >= 0.6 is 0 Å². The average molecular weight is 171 g/mol. The van der Waals surface area contributed by atoms with Crippen molar-refractivity contribution in [1.29, 1.82) is 0 Å². The smallest absolute Gasteiger partial charge is 0.133 e. The molecule has 0 aliphatic carbocycles. The highest BCUT2D eigenvalue weighted by molar-refractivity contribution is 5.02. The lowest BCUT2D eigenvalue weighted by atomic mass is 10.4. The van der Waals surface area contributed by atoms with Crippen molar-refractivity contribution in [3.8, 4) is 0 Å². The molecule has 0 aliphatic rings. The molecule has 0 aromatic carbocycles. The lowest BCUT2D eigenvalue weighted by molar-refractivity contribution is 0.114. The maximum absolute atomic E-state index is 5.29. The van der Waals surface area contributed by atoms with E-state index in [1.54, 1.807) is 0 Å². The van der Waals surface area contributed by atoms with E-state index in [1.807, 2.05) is 6.92 Å². The Labute approximate surface area is 70.8 Å². The van der Waals surface area contributed by atoms with E-state index >= 15 is 0 Å². The van der Waals surface area contributed by atoms with E-state index in [2.05, 4.69) is 14.9 Å². The van der Waals surface area contributed by atoms with Gasteiger partial charge in [0, 0.05) is 6.61 Å². The first-order chi connectivity index (χ1) is 5.84. The van der Waals surface area contributed by atoms with Crippen molar-refractivity contribution < 1.29 is 9.37 Å². The minimum absolute atomic E-state index is 0.454. The first kappa shape index (κ1) is 9.15. The van der Waals surface area contributed by atoms with Crippen LogP contribution in [0.4, 0.5) is 0 Å². The second-order valence-electron chi connectivity index (χ2n) is 2.49. The largest absolute Gasteiger partial charge is 0.375 e. The molecule has 0 amide bonds. The van der Waals surface area contributed by atoms with Gasteiger partial charge in [-0.1, -0.05) is 10.3 Å². The molecular formula is C7H13N3O2. The van der Waals surface area contributed by atoms with Gasteiger partial charge < -0.3 is 10.5 Å². The normalized spacial score (nSPS) is 10.5. The molecule has 0 atom stereocenters. The fourth-order valence-electron chi connectivity index (χ4n) is 0.735. The fraction of sp³-hybridized carbons (Fsp3) is 0.714. The zero-order valence-corrected chi connectivity index (χ0v) is 7.12. The van der Waals surface area contributed by atoms with Gasteiger partial charge in [-0.05, 0) is 19.9 Å². The summed E-state index contributed by atoms with van der Waals surface area (Å²) in [4.78, 5) is 0. The van der Waals surface area contributed by atoms with Gasteiger partial charge in [0.15, 0.2) is 0 Å². The van der Waals surface area contributed by atoms with Crippen LogP contribution < -0.4 is 5.73 Å². The first-order valence-corrected chi connectivity index (χ1v) is 3.90. The molecule has 12 heavy (non-hydrogen) atoms. The molecule has 68 valence electrons. The standard InChI is InChI=1S/C7H13N3O2/c1-6-7(10-12-9-6)5-11-4-2-3-8/h2-5,8H2,1H3. The van der Waals surface area contributed by atoms with Gasteiger partial charge in [0.2, 0.25) is 0 Å². The summed E-state index contributed by atoms with van der Waals surface area (Å²) in [5, 5.41) is 7.30. The van der Waals surface area contributed by atoms with Crippen molar-refractivity contribution in [3.63, 3.8) is 0 Å². The quantitative estimate of drug-likeness (QED) is 0.642. The second kappa shape index (κ2) is 4.84. The molecule has 0 fully saturated rings. The van der Waals surface area contributed by atoms with Crippen molar-refractivity contribution >= 4 is 0 Å². The van der Waals surface area contributed by atoms with Gasteiger partial charge in [0.05, 0.1) is 6.61 Å². The molecular weight excluding hydrogens is 158 g/mol. The van der Waals surface area contributed by atoms with Gasteiger partial charge in [-0.15, -0.1) is 0 Å². The number of hydrogen-bond acceptors (Lipinski definition) is 5. The van der Waals surface area contributed by atoms with E-state index in [0.29, 0.717) is 19.8 Å². The van der Waals surface area contributed by atoms with E-state index in [4.69, 9.17) is 10.5 Å². The highest BCUT2D eigenvalue weighted by atomic mass is 16.6. The summed E-state index contributed by atoms with van der Waals surface area (Å²) in [5.41, 5.74) is 6.83. The number of hydrogen-bond donors (Lipinski definition) is 1. The van der Waals surface area contributed by atoms with Gasteiger partial charge in [0.25, 0.3) is 0 Å². The third-order valence-corrected chi connectivity index (χ3v) is 1.48. The van der Waals surface area contributed by atoms with Crippen molar-refractivity contribution in [3.05, 3.63) is 11.4 Å². The number of aryl methyl sites for hydroxylation is 1. The summed E-state index contributed by atoms with van der Waals surface area (Å²) in [6.07, 6.45) is 0.865. The third kappa shape index (κ3) is 2.60. The van der Waals surface area contributed by atoms with E-state index in [-0.39, 0.29) is 0 Å². The molecule has 0 radical (unpaired) electrons. The predicted molar refractivity (Wildman–Crippen MR) is 42.4 cm³/mol. The third-order valence-electron chi connectivity index (χ3n) is 1.48. The van der Waals surface area contributed by atoms with E-state index < -0.39 is 0 Å². The Hall–Kier alpha value is -0.940. The van der Waals surface area contributed by atoms with E-state index in [0.717, 1.165) is 17.8 Å². The Balaban J connectivity index is 2.20. The molecule has 1 aromatic heterocycles. The molecule has 5 nitrogen and oxygen atoms in total. The molecule has 1 rings (SSSR count). The highest BCUT2D eigenvalue weighted by Crippen LogP contribution is 2.01. The topological polar surface area (TPSA) is 74.2 Å². The first-order valence-electron chi connectivity index (χ1n) is 3.90. The summed E-state index contributed by atoms with van der Waals surface area (Å²) >= 11 is 0. The molecule has 0 saturated heterocycles. The van der Waals surface area contributed by atoms with Crippen LogP contribution in [0.1, 0.15) is 17.8 Å². The Bertz CT molecular complexity index is 224. The number of ether oxygens (including phenoxy) is 1. The monoisotopic (exact) mass is 171 g/mol. The molecule has 0 spiro atoms. The molecule has 0 aliphatic heterocycles. The van der Waals surface area contributed by atoms with Crippen LogP contribution in [0.3, 0.4) is 0 Å². The lowest BCUT2D eigenvalue weighted by Gasteiger charge is -1.98. The Morgan fingerprint density at radius 1 is 1.50 bits per heavy atom. The van der Waals surface area contributed by atoms with Crippen LogP contribution in [-0.4, -0.2) is 23.5 Å². The van der Waals surface area contributed by atoms with Crippen molar-refractivity contribution in [2.75, 3.05) is 13.2 Å². The van der Waals surface area contributed by atoms with Gasteiger partial charge in [0.1, 0.15) is 11.4 Å². The molecule has 2 N–H and O–H groups in total. The summed E-state index contributed by atoms with van der Waals surface area (Å²) in [5.74, 6) is 0. The average Bonchev–Trinajstić information content (AvgIpc) is 2.46. The molecule has 1 aromatic rings. The molecule has 0 bridgehead atoms. The van der Waals surface area contributed by atoms with Crippen LogP contribution in [0.2, 0.25) is 0 Å². The second-order valence-corrected chi connectivity index (χ2v) is 2.49. The zero-order chi connectivity index (χ0) is 8.81. The molecule has 5 heteroatoms. The summed E-state index contributed by atoms with van der Waals surface area (Å²) < 4.78 is 9.75. The highest BCUT2D eigenvalue weighted by Gasteiger charge is 2.03. The van der Waals surface area contributed by atoms with Crippen molar-refractivity contribution in [2.45, 2.75) is 20.0 Å². The number of nitrogens with zero attached hydrogens (tertiary/aromatic N) is 2. The Kier molecular flexibility index (Phi) is 3.69. The lowest BCUT2D eigenvalue weighted by Crippen LogP contribution is -2.04. The number of aromatic nitrogens is 2. The van der Waals surface area contributed by atoms with E-state index in [9.17, 15) is 0 Å². The van der Waals surface area contributed by atoms with Crippen LogP contribution in [0, 0.1) is 6.92 Å². The number of rotatable bonds is 5. The molecule has 1 heterocycles. The Morgan fingerprint density at radius 3 is 2.92 bits per heavy atom. The van der Waals surface area contributed by atoms with Gasteiger partial charge in [-0.2, -0.15) is 0 Å². The summed E-state index contributed by atoms with van der Waals surface area (Å²) in [7, 11) is 0. The summed E-state index contributed by atoms with van der Waals surface area (Å²) in [6.45, 7) is 3.59. The Morgan fingerprint density at radius 2 is 2.33 bits per heavy atom. The van der Waals surface area contributed by atoms with Gasteiger partial charge >= 0.3 is 0 Å². The maximum atomic E-state index is 5.29. The fourth-order valence-corrected chi connectivity index (χ4v) is 0.735. The number of nitrogens with two attached hydrogens (primary N) is 1. The van der Waals surface area contributed by atoms with Crippen LogP contribution in [0.15, 0.2) is 4.63 Å². The summed E-state index contributed by atoms with van der Waals surface area (Å²) in [6, 6.07) is 0. The molecule has 0 saturated carbocycles. The predicted octanol–water partition coefficient (Wildman–Crippen LogP) is 0.243. The van der Waals surface area contributed by atoms with Gasteiger partial charge in [-0.25, -0.2) is 4.63 Å². The van der Waals surface area contributed by atoms with Crippen LogP contribution in [0.5, 0.6) is 0 Å². The SMILES string of the molecule is Cc1nonc1COCCCN. The molecule has 0 unspecified atom stereocenters.